The average molecular weight is 275 g/mol. The highest BCUT2D eigenvalue weighted by Crippen LogP contribution is 2.31. The van der Waals surface area contributed by atoms with Crippen LogP contribution in [0.25, 0.3) is 23.0 Å². The van der Waals surface area contributed by atoms with Crippen molar-refractivity contribution in [3.8, 4) is 34.5 Å². The molecule has 1 N–H and O–H groups in total. The SMILES string of the molecule is COc1ccc(-c2nc(-c3cscn3)no2)cc1O. The van der Waals surface area contributed by atoms with Gasteiger partial charge in [0.2, 0.25) is 5.82 Å². The number of ether oxygens (including phenoxy) is 1. The van der Waals surface area contributed by atoms with Crippen LogP contribution in [0.15, 0.2) is 33.6 Å². The Hall–Kier alpha value is -2.41. The summed E-state index contributed by atoms with van der Waals surface area (Å²) in [4.78, 5) is 8.34. The standard InChI is InChI=1S/C12H9N3O3S/c1-17-10-3-2-7(4-9(10)16)12-14-11(15-18-12)8-5-19-6-13-8/h2-6,16H,1H3. The van der Waals surface area contributed by atoms with Gasteiger partial charge < -0.3 is 14.4 Å². The van der Waals surface area contributed by atoms with Gasteiger partial charge in [-0.25, -0.2) is 4.98 Å². The first-order chi connectivity index (χ1) is 9.28. The van der Waals surface area contributed by atoms with Gasteiger partial charge in [-0.3, -0.25) is 0 Å². The maximum atomic E-state index is 9.72. The second-order valence-corrected chi connectivity index (χ2v) is 4.40. The first kappa shape index (κ1) is 11.7. The summed E-state index contributed by atoms with van der Waals surface area (Å²) in [7, 11) is 1.49. The molecule has 7 heteroatoms. The minimum absolute atomic E-state index is 0.0217. The van der Waals surface area contributed by atoms with Gasteiger partial charge in [-0.05, 0) is 18.2 Å². The number of hydrogen-bond acceptors (Lipinski definition) is 7. The van der Waals surface area contributed by atoms with E-state index in [4.69, 9.17) is 9.26 Å². The third-order valence-corrected chi connectivity index (χ3v) is 3.10. The third kappa shape index (κ3) is 2.15. The summed E-state index contributed by atoms with van der Waals surface area (Å²) < 4.78 is 10.1. The second-order valence-electron chi connectivity index (χ2n) is 3.68. The summed E-state index contributed by atoms with van der Waals surface area (Å²) >= 11 is 1.46. The van der Waals surface area contributed by atoms with Crippen molar-refractivity contribution in [3.05, 3.63) is 29.1 Å². The van der Waals surface area contributed by atoms with E-state index in [1.807, 2.05) is 5.38 Å². The van der Waals surface area contributed by atoms with E-state index in [9.17, 15) is 5.11 Å². The van der Waals surface area contributed by atoms with Gasteiger partial charge in [-0.1, -0.05) is 5.16 Å². The summed E-state index contributed by atoms with van der Waals surface area (Å²) in [5, 5.41) is 15.4. The van der Waals surface area contributed by atoms with Gasteiger partial charge in [-0.15, -0.1) is 11.3 Å². The molecule has 0 spiro atoms. The van der Waals surface area contributed by atoms with Gasteiger partial charge >= 0.3 is 0 Å². The van der Waals surface area contributed by atoms with Gasteiger partial charge in [0.05, 0.1) is 12.6 Å². The molecule has 0 saturated heterocycles. The topological polar surface area (TPSA) is 81.3 Å². The molecule has 0 aliphatic rings. The lowest BCUT2D eigenvalue weighted by Gasteiger charge is -2.02. The quantitative estimate of drug-likeness (QED) is 0.791. The molecule has 0 aliphatic heterocycles. The number of nitrogens with zero attached hydrogens (tertiary/aromatic N) is 3. The Balaban J connectivity index is 1.97. The van der Waals surface area contributed by atoms with E-state index in [1.165, 1.54) is 24.5 Å². The molecular formula is C12H9N3O3S. The fourth-order valence-electron chi connectivity index (χ4n) is 1.59. The number of thiazole rings is 1. The molecule has 19 heavy (non-hydrogen) atoms. The summed E-state index contributed by atoms with van der Waals surface area (Å²) in [6, 6.07) is 4.88. The summed E-state index contributed by atoms with van der Waals surface area (Å²) in [6.07, 6.45) is 0. The molecule has 3 rings (SSSR count). The molecule has 3 aromatic rings. The van der Waals surface area contributed by atoms with E-state index < -0.39 is 0 Å². The van der Waals surface area contributed by atoms with Gasteiger partial charge in [-0.2, -0.15) is 4.98 Å². The predicted octanol–water partition coefficient (Wildman–Crippen LogP) is 2.57. The van der Waals surface area contributed by atoms with E-state index in [0.29, 0.717) is 28.7 Å². The van der Waals surface area contributed by atoms with Crippen LogP contribution in [0.5, 0.6) is 11.5 Å². The van der Waals surface area contributed by atoms with Crippen molar-refractivity contribution < 1.29 is 14.4 Å². The zero-order valence-electron chi connectivity index (χ0n) is 9.90. The summed E-state index contributed by atoms with van der Waals surface area (Å²) in [5.74, 6) is 1.16. The third-order valence-electron chi connectivity index (χ3n) is 2.51. The Labute approximate surface area is 112 Å². The van der Waals surface area contributed by atoms with E-state index in [0.717, 1.165) is 0 Å². The van der Waals surface area contributed by atoms with E-state index in [1.54, 1.807) is 17.6 Å². The number of methoxy groups -OCH3 is 1. The molecule has 0 atom stereocenters. The lowest BCUT2D eigenvalue weighted by molar-refractivity contribution is 0.373. The molecule has 0 bridgehead atoms. The van der Waals surface area contributed by atoms with Crippen LogP contribution in [0.3, 0.4) is 0 Å². The predicted molar refractivity (Wildman–Crippen MR) is 69.1 cm³/mol. The van der Waals surface area contributed by atoms with Crippen molar-refractivity contribution >= 4 is 11.3 Å². The number of phenolic OH excluding ortho intramolecular Hbond substituents is 1. The van der Waals surface area contributed by atoms with Crippen molar-refractivity contribution in [1.82, 2.24) is 15.1 Å². The normalized spacial score (nSPS) is 10.6. The van der Waals surface area contributed by atoms with Crippen LogP contribution in [0, 0.1) is 0 Å². The first-order valence-electron chi connectivity index (χ1n) is 5.37. The van der Waals surface area contributed by atoms with Crippen molar-refractivity contribution in [2.45, 2.75) is 0 Å². The molecule has 0 fully saturated rings. The van der Waals surface area contributed by atoms with Gasteiger partial charge in [0.25, 0.3) is 5.89 Å². The fraction of sp³-hybridized carbons (Fsp3) is 0.0833. The Morgan fingerprint density at radius 2 is 2.26 bits per heavy atom. The minimum Gasteiger partial charge on any atom is -0.504 e. The minimum atomic E-state index is 0.0217. The van der Waals surface area contributed by atoms with Gasteiger partial charge in [0, 0.05) is 10.9 Å². The average Bonchev–Trinajstić information content (AvgIpc) is 3.09. The van der Waals surface area contributed by atoms with E-state index in [-0.39, 0.29) is 5.75 Å². The Morgan fingerprint density at radius 1 is 1.37 bits per heavy atom. The largest absolute Gasteiger partial charge is 0.504 e. The van der Waals surface area contributed by atoms with Crippen LogP contribution in [-0.4, -0.2) is 27.3 Å². The van der Waals surface area contributed by atoms with Crippen LogP contribution in [0.1, 0.15) is 0 Å². The van der Waals surface area contributed by atoms with Crippen LogP contribution < -0.4 is 4.74 Å². The van der Waals surface area contributed by atoms with Gasteiger partial charge in [0.15, 0.2) is 11.5 Å². The number of aromatic nitrogens is 3. The fourth-order valence-corrected chi connectivity index (χ4v) is 2.12. The molecule has 0 unspecified atom stereocenters. The molecule has 1 aromatic carbocycles. The highest BCUT2D eigenvalue weighted by atomic mass is 32.1. The molecule has 2 aromatic heterocycles. The zero-order valence-corrected chi connectivity index (χ0v) is 10.7. The lowest BCUT2D eigenvalue weighted by Crippen LogP contribution is -1.85. The van der Waals surface area contributed by atoms with Gasteiger partial charge in [0.1, 0.15) is 5.69 Å². The smallest absolute Gasteiger partial charge is 0.258 e. The maximum Gasteiger partial charge on any atom is 0.258 e. The summed E-state index contributed by atoms with van der Waals surface area (Å²) in [6.45, 7) is 0. The molecule has 0 radical (unpaired) electrons. The van der Waals surface area contributed by atoms with Crippen LogP contribution in [0.2, 0.25) is 0 Å². The van der Waals surface area contributed by atoms with Crippen molar-refractivity contribution in [3.63, 3.8) is 0 Å². The van der Waals surface area contributed by atoms with Crippen LogP contribution >= 0.6 is 11.3 Å². The number of rotatable bonds is 3. The number of hydrogen-bond donors (Lipinski definition) is 1. The highest BCUT2D eigenvalue weighted by molar-refractivity contribution is 7.07. The molecule has 0 amide bonds. The Bertz CT molecular complexity index is 694. The lowest BCUT2D eigenvalue weighted by atomic mass is 10.2. The highest BCUT2D eigenvalue weighted by Gasteiger charge is 2.13. The zero-order chi connectivity index (χ0) is 13.2. The molecule has 6 nitrogen and oxygen atoms in total. The molecular weight excluding hydrogens is 266 g/mol. The maximum absolute atomic E-state index is 9.72. The Kier molecular flexibility index (Phi) is 2.88. The van der Waals surface area contributed by atoms with Crippen molar-refractivity contribution in [1.29, 1.82) is 0 Å². The Morgan fingerprint density at radius 3 is 2.95 bits per heavy atom. The first-order valence-corrected chi connectivity index (χ1v) is 6.32. The van der Waals surface area contributed by atoms with E-state index >= 15 is 0 Å². The molecule has 0 aliphatic carbocycles. The van der Waals surface area contributed by atoms with E-state index in [2.05, 4.69) is 15.1 Å². The molecule has 96 valence electrons. The number of phenols is 1. The number of benzene rings is 1. The number of aromatic hydroxyl groups is 1. The van der Waals surface area contributed by atoms with Crippen molar-refractivity contribution in [2.24, 2.45) is 0 Å². The summed E-state index contributed by atoms with van der Waals surface area (Å²) in [5.41, 5.74) is 2.98. The van der Waals surface area contributed by atoms with Crippen molar-refractivity contribution in [2.75, 3.05) is 7.11 Å². The molecule has 0 saturated carbocycles. The molecule has 2 heterocycles. The second kappa shape index (κ2) is 4.69. The monoisotopic (exact) mass is 275 g/mol. The van der Waals surface area contributed by atoms with Crippen LogP contribution in [0.4, 0.5) is 0 Å². The van der Waals surface area contributed by atoms with Crippen LogP contribution in [-0.2, 0) is 0 Å².